The Morgan fingerprint density at radius 1 is 0.860 bits per heavy atom. The second kappa shape index (κ2) is 17.4. The minimum Gasteiger partial charge on any atom is -0.453 e. The number of hydrogen-bond donors (Lipinski definition) is 2. The molecule has 4 aliphatic rings. The maximum atomic E-state index is 14.6. The molecule has 4 rings (SSSR count). The zero-order valence-electron chi connectivity index (χ0n) is 31.2. The highest BCUT2D eigenvalue weighted by atomic mass is 16.5. The van der Waals surface area contributed by atoms with Gasteiger partial charge in [0.05, 0.1) is 19.2 Å². The van der Waals surface area contributed by atoms with Crippen molar-refractivity contribution >= 4 is 41.0 Å². The second-order valence-electron chi connectivity index (χ2n) is 16.7. The molecule has 3 aliphatic carbocycles. The summed E-state index contributed by atoms with van der Waals surface area (Å²) < 4.78 is 4.65. The van der Waals surface area contributed by atoms with Gasteiger partial charge in [0, 0.05) is 37.6 Å². The fourth-order valence-electron chi connectivity index (χ4n) is 8.68. The molecule has 280 valence electrons. The second-order valence-corrected chi connectivity index (χ2v) is 16.7. The van der Waals surface area contributed by atoms with E-state index in [4.69, 9.17) is 0 Å². The molecule has 7 atom stereocenters. The van der Waals surface area contributed by atoms with E-state index in [1.807, 2.05) is 27.7 Å². The van der Waals surface area contributed by atoms with Gasteiger partial charge in [-0.25, -0.2) is 4.79 Å². The maximum absolute atomic E-state index is 14.6. The molecule has 0 radical (unpaired) electrons. The van der Waals surface area contributed by atoms with Crippen molar-refractivity contribution < 1.29 is 38.3 Å². The number of nitrogens with zero attached hydrogens (tertiary/aromatic N) is 1. The molecule has 0 aromatic heterocycles. The van der Waals surface area contributed by atoms with Crippen molar-refractivity contribution in [2.24, 2.45) is 40.9 Å². The molecule has 1 unspecified atom stereocenters. The highest BCUT2D eigenvalue weighted by molar-refractivity contribution is 6.38. The minimum absolute atomic E-state index is 0.0151. The van der Waals surface area contributed by atoms with Gasteiger partial charge in [-0.15, -0.1) is 0 Å². The van der Waals surface area contributed by atoms with Crippen LogP contribution in [-0.2, 0) is 33.5 Å². The van der Waals surface area contributed by atoms with E-state index in [9.17, 15) is 33.6 Å². The lowest BCUT2D eigenvalue weighted by atomic mass is 9.76. The molecule has 1 heterocycles. The predicted octanol–water partition coefficient (Wildman–Crippen LogP) is 5.36. The molecule has 1 saturated heterocycles. The summed E-state index contributed by atoms with van der Waals surface area (Å²) in [7, 11) is 1.22. The first-order valence-electron chi connectivity index (χ1n) is 19.2. The zero-order chi connectivity index (χ0) is 36.7. The van der Waals surface area contributed by atoms with E-state index in [1.165, 1.54) is 7.11 Å². The van der Waals surface area contributed by atoms with Gasteiger partial charge < -0.3 is 20.3 Å². The number of carbonyl (C=O) groups is 7. The van der Waals surface area contributed by atoms with E-state index in [-0.39, 0.29) is 72.1 Å². The molecule has 4 fully saturated rings. The van der Waals surface area contributed by atoms with Crippen LogP contribution in [0.5, 0.6) is 0 Å². The fraction of sp³-hybridized carbons (Fsp3) is 0.821. The van der Waals surface area contributed by atoms with Crippen LogP contribution in [0.15, 0.2) is 0 Å². The number of likely N-dealkylation sites (tertiary alicyclic amines) is 1. The van der Waals surface area contributed by atoms with Gasteiger partial charge in [-0.2, -0.15) is 0 Å². The number of ketones is 4. The summed E-state index contributed by atoms with van der Waals surface area (Å²) in [6.07, 6.45) is 9.70. The van der Waals surface area contributed by atoms with Crippen molar-refractivity contribution in [1.82, 2.24) is 15.5 Å². The van der Waals surface area contributed by atoms with Crippen LogP contribution in [0.2, 0.25) is 0 Å². The van der Waals surface area contributed by atoms with Gasteiger partial charge in [-0.3, -0.25) is 28.8 Å². The molecule has 0 aromatic carbocycles. The Morgan fingerprint density at radius 3 is 2.14 bits per heavy atom. The summed E-state index contributed by atoms with van der Waals surface area (Å²) >= 11 is 0. The topological polar surface area (TPSA) is 156 Å². The third kappa shape index (κ3) is 10.0. The van der Waals surface area contributed by atoms with Crippen molar-refractivity contribution in [2.75, 3.05) is 13.7 Å². The Hall–Kier alpha value is -3.11. The third-order valence-corrected chi connectivity index (χ3v) is 11.8. The van der Waals surface area contributed by atoms with Crippen LogP contribution < -0.4 is 10.6 Å². The average Bonchev–Trinajstić information content (AvgIpc) is 3.64. The number of amides is 3. The predicted molar refractivity (Wildman–Crippen MR) is 188 cm³/mol. The van der Waals surface area contributed by atoms with Crippen LogP contribution in [-0.4, -0.2) is 77.7 Å². The molecule has 1 aliphatic heterocycles. The van der Waals surface area contributed by atoms with Crippen molar-refractivity contribution in [1.29, 1.82) is 0 Å². The van der Waals surface area contributed by atoms with E-state index in [1.54, 1.807) is 11.8 Å². The van der Waals surface area contributed by atoms with Crippen molar-refractivity contribution in [3.63, 3.8) is 0 Å². The fourth-order valence-corrected chi connectivity index (χ4v) is 8.68. The van der Waals surface area contributed by atoms with Crippen LogP contribution in [0.1, 0.15) is 131 Å². The molecule has 2 N–H and O–H groups in total. The number of ether oxygens (including phenoxy) is 1. The van der Waals surface area contributed by atoms with Gasteiger partial charge in [-0.1, -0.05) is 59.8 Å². The Balaban J connectivity index is 1.55. The van der Waals surface area contributed by atoms with Crippen molar-refractivity contribution in [3.05, 3.63) is 0 Å². The Kier molecular flexibility index (Phi) is 13.8. The lowest BCUT2D eigenvalue weighted by Crippen LogP contribution is -2.58. The number of alkyl carbamates (subject to hydrolysis) is 1. The first kappa shape index (κ1) is 39.7. The maximum Gasteiger partial charge on any atom is 0.407 e. The Bertz CT molecular complexity index is 1280. The summed E-state index contributed by atoms with van der Waals surface area (Å²) in [5, 5.41) is 5.57. The molecule has 3 saturated carbocycles. The standard InChI is InChI=1S/C39H61N3O8/c1-7-12-26(34(46)32(45)19-24-17-18-24)20-31(44)33-28-16-11-15-27(28)22-42(33)37(48)35(39(3,4)5)41-36(47)29(25-13-9-8-10-14-25)21-30(43)23(2)40-38(49)50-6/h23-29,33,35H,7-22H2,1-6H3,(H,40,49)(H,41,47)/t23-,26-,27+,28+,29+,33?,35-/m1/s1. The Morgan fingerprint density at radius 2 is 1.54 bits per heavy atom. The highest BCUT2D eigenvalue weighted by Crippen LogP contribution is 2.44. The summed E-state index contributed by atoms with van der Waals surface area (Å²) in [6.45, 7) is 9.57. The third-order valence-electron chi connectivity index (χ3n) is 11.8. The monoisotopic (exact) mass is 699 g/mol. The first-order valence-corrected chi connectivity index (χ1v) is 19.2. The SMILES string of the molecule is CCC[C@H](CC(=O)C1[C@H]2CCC[C@H]2CN1C(=O)[C@@H](NC(=O)[C@@H](CC(=O)[C@@H](C)NC(=O)OC)C1CCCCC1)C(C)(C)C)C(=O)C(=O)CC1CC1. The number of hydrogen-bond acceptors (Lipinski definition) is 8. The summed E-state index contributed by atoms with van der Waals surface area (Å²) in [5.74, 6) is -2.94. The molecule has 0 aromatic rings. The number of rotatable bonds is 17. The minimum atomic E-state index is -0.955. The summed E-state index contributed by atoms with van der Waals surface area (Å²) in [5.41, 5.74) is -0.713. The van der Waals surface area contributed by atoms with E-state index < -0.39 is 47.3 Å². The lowest BCUT2D eigenvalue weighted by Gasteiger charge is -2.38. The molecule has 11 nitrogen and oxygen atoms in total. The normalized spacial score (nSPS) is 24.8. The molecule has 3 amide bonds. The number of nitrogens with one attached hydrogen (secondary N) is 2. The van der Waals surface area contributed by atoms with Gasteiger partial charge in [0.2, 0.25) is 17.6 Å². The largest absolute Gasteiger partial charge is 0.453 e. The van der Waals surface area contributed by atoms with Crippen LogP contribution in [0.3, 0.4) is 0 Å². The molecule has 0 spiro atoms. The van der Waals surface area contributed by atoms with E-state index >= 15 is 0 Å². The van der Waals surface area contributed by atoms with Gasteiger partial charge >= 0.3 is 6.09 Å². The molecular formula is C39H61N3O8. The smallest absolute Gasteiger partial charge is 0.407 e. The van der Waals surface area contributed by atoms with E-state index in [2.05, 4.69) is 15.4 Å². The van der Waals surface area contributed by atoms with Crippen LogP contribution in [0, 0.1) is 40.9 Å². The van der Waals surface area contributed by atoms with Crippen LogP contribution >= 0.6 is 0 Å². The molecular weight excluding hydrogens is 638 g/mol. The van der Waals surface area contributed by atoms with Crippen LogP contribution in [0.4, 0.5) is 4.79 Å². The average molecular weight is 700 g/mol. The summed E-state index contributed by atoms with van der Waals surface area (Å²) in [6, 6.07) is -2.50. The number of methoxy groups -OCH3 is 1. The first-order chi connectivity index (χ1) is 23.7. The quantitative estimate of drug-likeness (QED) is 0.192. The van der Waals surface area contributed by atoms with Crippen molar-refractivity contribution in [2.45, 2.75) is 149 Å². The molecule has 50 heavy (non-hydrogen) atoms. The van der Waals surface area contributed by atoms with E-state index in [0.717, 1.165) is 64.2 Å². The van der Waals surface area contributed by atoms with Gasteiger partial charge in [0.25, 0.3) is 0 Å². The van der Waals surface area contributed by atoms with Gasteiger partial charge in [-0.05, 0) is 81.0 Å². The number of fused-ring (bicyclic) bond motifs is 1. The summed E-state index contributed by atoms with van der Waals surface area (Å²) in [4.78, 5) is 95.9. The van der Waals surface area contributed by atoms with Crippen LogP contribution in [0.25, 0.3) is 0 Å². The molecule has 11 heteroatoms. The number of Topliss-reactive ketones (excluding diaryl/α,β-unsaturated/α-hetero) is 4. The van der Waals surface area contributed by atoms with Gasteiger partial charge in [0.15, 0.2) is 17.3 Å². The molecule has 0 bridgehead atoms. The van der Waals surface area contributed by atoms with Crippen molar-refractivity contribution in [3.8, 4) is 0 Å². The van der Waals surface area contributed by atoms with E-state index in [0.29, 0.717) is 19.4 Å². The lowest BCUT2D eigenvalue weighted by molar-refractivity contribution is -0.146. The number of carbonyl (C=O) groups excluding carboxylic acids is 7. The highest BCUT2D eigenvalue weighted by Gasteiger charge is 2.52. The zero-order valence-corrected chi connectivity index (χ0v) is 31.2. The Labute approximate surface area is 298 Å². The van der Waals surface area contributed by atoms with Gasteiger partial charge in [0.1, 0.15) is 6.04 Å².